The van der Waals surface area contributed by atoms with Gasteiger partial charge in [-0.15, -0.1) is 11.3 Å². The van der Waals surface area contributed by atoms with Crippen LogP contribution < -0.4 is 14.8 Å². The smallest absolute Gasteiger partial charge is 0.169 e. The van der Waals surface area contributed by atoms with Gasteiger partial charge in [0.1, 0.15) is 10.8 Å². The molecule has 0 aliphatic rings. The summed E-state index contributed by atoms with van der Waals surface area (Å²) in [6.07, 6.45) is 1.82. The molecule has 1 heterocycles. The summed E-state index contributed by atoms with van der Waals surface area (Å²) in [4.78, 5) is 5.44. The minimum Gasteiger partial charge on any atom is -0.493 e. The Morgan fingerprint density at radius 1 is 1.04 bits per heavy atom. The molecule has 3 rings (SSSR count). The normalized spacial score (nSPS) is 10.7. The number of thiazole rings is 1. The van der Waals surface area contributed by atoms with E-state index in [1.165, 1.54) is 6.07 Å². The van der Waals surface area contributed by atoms with Gasteiger partial charge in [-0.25, -0.2) is 9.37 Å². The van der Waals surface area contributed by atoms with E-state index in [0.29, 0.717) is 30.2 Å². The maximum Gasteiger partial charge on any atom is 0.169 e. The maximum atomic E-state index is 13.6. The lowest BCUT2D eigenvalue weighted by molar-refractivity contribution is 0.356. The summed E-state index contributed by atoms with van der Waals surface area (Å²) in [6, 6.07) is 12.5. The molecule has 0 fully saturated rings. The first-order valence-electron chi connectivity index (χ1n) is 7.83. The van der Waals surface area contributed by atoms with Crippen molar-refractivity contribution in [3.05, 3.63) is 65.0 Å². The Hall–Kier alpha value is -2.44. The number of aromatic nitrogens is 1. The van der Waals surface area contributed by atoms with Crippen molar-refractivity contribution < 1.29 is 13.9 Å². The highest BCUT2D eigenvalue weighted by molar-refractivity contribution is 7.15. The first-order chi connectivity index (χ1) is 12.2. The Labute approximate surface area is 150 Å². The fourth-order valence-corrected chi connectivity index (χ4v) is 3.45. The highest BCUT2D eigenvalue weighted by atomic mass is 32.1. The van der Waals surface area contributed by atoms with Crippen molar-refractivity contribution in [3.63, 3.8) is 0 Å². The van der Waals surface area contributed by atoms with Gasteiger partial charge in [-0.2, -0.15) is 0 Å². The van der Waals surface area contributed by atoms with Crippen LogP contribution in [0, 0.1) is 5.82 Å². The molecule has 3 aromatic rings. The summed E-state index contributed by atoms with van der Waals surface area (Å²) in [5.41, 5.74) is 1.59. The molecule has 2 aromatic carbocycles. The van der Waals surface area contributed by atoms with Crippen molar-refractivity contribution in [2.24, 2.45) is 0 Å². The lowest BCUT2D eigenvalue weighted by Crippen LogP contribution is -2.13. The molecule has 4 nitrogen and oxygen atoms in total. The van der Waals surface area contributed by atoms with Crippen molar-refractivity contribution in [3.8, 4) is 21.9 Å². The number of ether oxygens (including phenoxy) is 2. The molecule has 0 spiro atoms. The number of halogens is 1. The SMILES string of the molecule is COc1cccc(-c2cnc(CNCc3ccccc3F)s2)c1OC. The number of para-hydroxylation sites is 1. The van der Waals surface area contributed by atoms with Gasteiger partial charge in [-0.05, 0) is 18.2 Å². The molecule has 6 heteroatoms. The standard InChI is InChI=1S/C19H19FN2O2S/c1-23-16-9-5-7-14(19(16)24-2)17-11-22-18(25-17)12-21-10-13-6-3-4-8-15(13)20/h3-9,11,21H,10,12H2,1-2H3. The Kier molecular flexibility index (Phi) is 5.63. The van der Waals surface area contributed by atoms with E-state index in [1.54, 1.807) is 37.7 Å². The predicted octanol–water partition coefficient (Wildman–Crippen LogP) is 4.26. The molecule has 0 atom stereocenters. The van der Waals surface area contributed by atoms with E-state index in [4.69, 9.17) is 9.47 Å². The van der Waals surface area contributed by atoms with Crippen LogP contribution in [0.2, 0.25) is 0 Å². The zero-order valence-electron chi connectivity index (χ0n) is 14.1. The zero-order chi connectivity index (χ0) is 17.6. The van der Waals surface area contributed by atoms with Crippen LogP contribution in [0.25, 0.3) is 10.4 Å². The molecule has 0 amide bonds. The van der Waals surface area contributed by atoms with Gasteiger partial charge in [0.15, 0.2) is 11.5 Å². The van der Waals surface area contributed by atoms with Crippen molar-refractivity contribution in [1.82, 2.24) is 10.3 Å². The van der Waals surface area contributed by atoms with Gasteiger partial charge < -0.3 is 14.8 Å². The lowest BCUT2D eigenvalue weighted by Gasteiger charge is -2.10. The second-order valence-electron chi connectivity index (χ2n) is 5.35. The number of benzene rings is 2. The van der Waals surface area contributed by atoms with Gasteiger partial charge in [0.2, 0.25) is 0 Å². The van der Waals surface area contributed by atoms with Gasteiger partial charge in [-0.3, -0.25) is 0 Å². The van der Waals surface area contributed by atoms with E-state index < -0.39 is 0 Å². The van der Waals surface area contributed by atoms with Gasteiger partial charge in [0, 0.05) is 30.4 Å². The molecular formula is C19H19FN2O2S. The third-order valence-electron chi connectivity index (χ3n) is 3.77. The zero-order valence-corrected chi connectivity index (χ0v) is 14.9. The average Bonchev–Trinajstić information content (AvgIpc) is 3.11. The summed E-state index contributed by atoms with van der Waals surface area (Å²) in [6.45, 7) is 1.04. The number of nitrogens with zero attached hydrogens (tertiary/aromatic N) is 1. The fraction of sp³-hybridized carbons (Fsp3) is 0.211. The van der Waals surface area contributed by atoms with Crippen molar-refractivity contribution in [1.29, 1.82) is 0 Å². The molecule has 0 saturated heterocycles. The minimum atomic E-state index is -0.198. The van der Waals surface area contributed by atoms with Gasteiger partial charge in [0.25, 0.3) is 0 Å². The third-order valence-corrected chi connectivity index (χ3v) is 4.80. The first kappa shape index (κ1) is 17.4. The van der Waals surface area contributed by atoms with Gasteiger partial charge >= 0.3 is 0 Å². The maximum absolute atomic E-state index is 13.6. The van der Waals surface area contributed by atoms with Crippen LogP contribution in [0.15, 0.2) is 48.7 Å². The summed E-state index contributed by atoms with van der Waals surface area (Å²) in [5.74, 6) is 1.18. The van der Waals surface area contributed by atoms with Crippen molar-refractivity contribution >= 4 is 11.3 Å². The van der Waals surface area contributed by atoms with E-state index in [0.717, 1.165) is 15.4 Å². The molecule has 25 heavy (non-hydrogen) atoms. The number of hydrogen-bond acceptors (Lipinski definition) is 5. The topological polar surface area (TPSA) is 43.4 Å². The van der Waals surface area contributed by atoms with Crippen LogP contribution in [0.5, 0.6) is 11.5 Å². The molecule has 0 radical (unpaired) electrons. The van der Waals surface area contributed by atoms with Crippen LogP contribution in [0.1, 0.15) is 10.6 Å². The Morgan fingerprint density at radius 2 is 1.88 bits per heavy atom. The number of nitrogens with one attached hydrogen (secondary N) is 1. The second kappa shape index (κ2) is 8.09. The molecule has 0 unspecified atom stereocenters. The summed E-state index contributed by atoms with van der Waals surface area (Å²) in [7, 11) is 3.24. The monoisotopic (exact) mass is 358 g/mol. The second-order valence-corrected chi connectivity index (χ2v) is 6.47. The molecule has 1 aromatic heterocycles. The average molecular weight is 358 g/mol. The lowest BCUT2D eigenvalue weighted by atomic mass is 10.1. The molecule has 1 N–H and O–H groups in total. The Balaban J connectivity index is 1.70. The van der Waals surface area contributed by atoms with E-state index in [2.05, 4.69) is 10.3 Å². The minimum absolute atomic E-state index is 0.198. The van der Waals surface area contributed by atoms with Crippen molar-refractivity contribution in [2.45, 2.75) is 13.1 Å². The van der Waals surface area contributed by atoms with Crippen LogP contribution in [0.4, 0.5) is 4.39 Å². The quantitative estimate of drug-likeness (QED) is 0.685. The number of methoxy groups -OCH3 is 2. The van der Waals surface area contributed by atoms with Gasteiger partial charge in [-0.1, -0.05) is 24.3 Å². The van der Waals surface area contributed by atoms with Gasteiger partial charge in [0.05, 0.1) is 19.1 Å². The molecule has 0 saturated carbocycles. The summed E-state index contributed by atoms with van der Waals surface area (Å²) in [5, 5.41) is 4.15. The first-order valence-corrected chi connectivity index (χ1v) is 8.64. The van der Waals surface area contributed by atoms with Crippen molar-refractivity contribution in [2.75, 3.05) is 14.2 Å². The van der Waals surface area contributed by atoms with E-state index >= 15 is 0 Å². The summed E-state index contributed by atoms with van der Waals surface area (Å²) < 4.78 is 24.4. The third kappa shape index (κ3) is 3.97. The van der Waals surface area contributed by atoms with E-state index in [9.17, 15) is 4.39 Å². The highest BCUT2D eigenvalue weighted by Crippen LogP contribution is 2.39. The molecule has 0 aliphatic heterocycles. The Morgan fingerprint density at radius 3 is 2.64 bits per heavy atom. The fourth-order valence-electron chi connectivity index (χ4n) is 2.54. The molecular weight excluding hydrogens is 339 g/mol. The largest absolute Gasteiger partial charge is 0.493 e. The Bertz CT molecular complexity index is 851. The predicted molar refractivity (Wildman–Crippen MR) is 97.6 cm³/mol. The van der Waals surface area contributed by atoms with E-state index in [-0.39, 0.29) is 5.82 Å². The molecule has 130 valence electrons. The van der Waals surface area contributed by atoms with Crippen LogP contribution in [-0.4, -0.2) is 19.2 Å². The molecule has 0 bridgehead atoms. The van der Waals surface area contributed by atoms with E-state index in [1.807, 2.05) is 30.5 Å². The summed E-state index contributed by atoms with van der Waals surface area (Å²) >= 11 is 1.57. The van der Waals surface area contributed by atoms with Crippen LogP contribution >= 0.6 is 11.3 Å². The van der Waals surface area contributed by atoms with Crippen LogP contribution in [0.3, 0.4) is 0 Å². The molecule has 0 aliphatic carbocycles. The van der Waals surface area contributed by atoms with Crippen LogP contribution in [-0.2, 0) is 13.1 Å². The number of hydrogen-bond donors (Lipinski definition) is 1. The number of rotatable bonds is 7. The highest BCUT2D eigenvalue weighted by Gasteiger charge is 2.14.